The normalized spacial score (nSPS) is 12.4. The summed E-state index contributed by atoms with van der Waals surface area (Å²) in [5, 5.41) is 18.5. The SMILES string of the molecule is CCCC(CCC)C(Nc1cnc(-n2cc(C(F)(F)F)cn2)nc1)c1ccc(C(=O)NCCC(=O)O)cc1. The maximum atomic E-state index is 12.9. The number of carboxylic acid groups (broad SMARTS) is 1. The van der Waals surface area contributed by atoms with Gasteiger partial charge in [-0.25, -0.2) is 14.6 Å². The second-order valence-corrected chi connectivity index (χ2v) is 8.92. The number of halogens is 3. The first kappa shape index (κ1) is 28.6. The predicted octanol–water partition coefficient (Wildman–Crippen LogP) is 5.26. The molecule has 0 spiro atoms. The summed E-state index contributed by atoms with van der Waals surface area (Å²) in [5.41, 5.74) is 1.08. The molecule has 3 aromatic rings. The highest BCUT2D eigenvalue weighted by Crippen LogP contribution is 2.33. The number of aliphatic carboxylic acids is 1. The van der Waals surface area contributed by atoms with Crippen molar-refractivity contribution in [3.63, 3.8) is 0 Å². The summed E-state index contributed by atoms with van der Waals surface area (Å²) in [6.07, 6.45) is 3.76. The van der Waals surface area contributed by atoms with Crippen LogP contribution in [0.1, 0.15) is 73.5 Å². The third-order valence-electron chi connectivity index (χ3n) is 6.02. The molecule has 0 aliphatic carbocycles. The fourth-order valence-corrected chi connectivity index (χ4v) is 4.19. The van der Waals surface area contributed by atoms with Crippen LogP contribution in [0.3, 0.4) is 0 Å². The average Bonchev–Trinajstić information content (AvgIpc) is 3.39. The molecule has 0 aliphatic heterocycles. The summed E-state index contributed by atoms with van der Waals surface area (Å²) in [6.45, 7) is 4.27. The number of amides is 1. The third kappa shape index (κ3) is 7.77. The van der Waals surface area contributed by atoms with E-state index in [9.17, 15) is 22.8 Å². The molecule has 1 aromatic carbocycles. The van der Waals surface area contributed by atoms with Gasteiger partial charge in [0.15, 0.2) is 0 Å². The molecule has 0 fully saturated rings. The standard InChI is InChI=1S/C26H31F3N6O3/c1-3-5-17(6-4-2)23(18-7-9-19(10-8-18)24(38)30-12-11-22(36)37)34-21-14-31-25(32-15-21)35-16-20(13-33-35)26(27,28)29/h7-10,13-17,23,34H,3-6,11-12H2,1-2H3,(H,30,38)(H,36,37). The number of benzene rings is 1. The fourth-order valence-electron chi connectivity index (χ4n) is 4.19. The van der Waals surface area contributed by atoms with Crippen LogP contribution < -0.4 is 10.6 Å². The van der Waals surface area contributed by atoms with Gasteiger partial charge in [-0.2, -0.15) is 18.3 Å². The van der Waals surface area contributed by atoms with Crippen LogP contribution in [-0.4, -0.2) is 43.3 Å². The minimum absolute atomic E-state index is 0.0135. The molecule has 2 aromatic heterocycles. The van der Waals surface area contributed by atoms with E-state index in [-0.39, 0.29) is 36.8 Å². The van der Waals surface area contributed by atoms with E-state index in [0.29, 0.717) is 11.3 Å². The second kappa shape index (κ2) is 13.0. The molecule has 2 heterocycles. The van der Waals surface area contributed by atoms with Gasteiger partial charge in [0.25, 0.3) is 11.9 Å². The molecule has 0 bridgehead atoms. The Kier molecular flexibility index (Phi) is 9.80. The van der Waals surface area contributed by atoms with Crippen molar-refractivity contribution in [2.75, 3.05) is 11.9 Å². The number of aromatic nitrogens is 4. The van der Waals surface area contributed by atoms with Crippen LogP contribution in [0, 0.1) is 5.92 Å². The Bertz CT molecular complexity index is 1190. The first-order valence-corrected chi connectivity index (χ1v) is 12.4. The van der Waals surface area contributed by atoms with Gasteiger partial charge in [0, 0.05) is 18.3 Å². The van der Waals surface area contributed by atoms with Gasteiger partial charge in [-0.15, -0.1) is 0 Å². The molecular weight excluding hydrogens is 501 g/mol. The number of hydrogen-bond donors (Lipinski definition) is 3. The van der Waals surface area contributed by atoms with Gasteiger partial charge in [0.2, 0.25) is 0 Å². The van der Waals surface area contributed by atoms with Crippen LogP contribution >= 0.6 is 0 Å². The Morgan fingerprint density at radius 3 is 2.18 bits per heavy atom. The number of carbonyl (C=O) groups is 2. The highest BCUT2D eigenvalue weighted by molar-refractivity contribution is 5.94. The summed E-state index contributed by atoms with van der Waals surface area (Å²) in [7, 11) is 0. The number of nitrogens with zero attached hydrogens (tertiary/aromatic N) is 4. The highest BCUT2D eigenvalue weighted by atomic mass is 19.4. The van der Waals surface area contributed by atoms with Crippen molar-refractivity contribution >= 4 is 17.6 Å². The Hall–Kier alpha value is -3.96. The molecule has 1 amide bonds. The van der Waals surface area contributed by atoms with E-state index >= 15 is 0 Å². The van der Waals surface area contributed by atoms with Crippen LogP contribution in [0.25, 0.3) is 5.95 Å². The minimum atomic E-state index is -4.50. The van der Waals surface area contributed by atoms with E-state index in [1.165, 1.54) is 12.4 Å². The second-order valence-electron chi connectivity index (χ2n) is 8.92. The molecule has 204 valence electrons. The summed E-state index contributed by atoms with van der Waals surface area (Å²) < 4.78 is 39.7. The van der Waals surface area contributed by atoms with Crippen molar-refractivity contribution in [1.29, 1.82) is 0 Å². The molecule has 0 radical (unpaired) electrons. The first-order chi connectivity index (χ1) is 18.1. The van der Waals surface area contributed by atoms with E-state index in [4.69, 9.17) is 5.11 Å². The maximum Gasteiger partial charge on any atom is 0.419 e. The van der Waals surface area contributed by atoms with E-state index in [2.05, 4.69) is 39.5 Å². The number of rotatable bonds is 13. The molecule has 0 saturated carbocycles. The monoisotopic (exact) mass is 532 g/mol. The van der Waals surface area contributed by atoms with Gasteiger partial charge in [-0.1, -0.05) is 38.8 Å². The highest BCUT2D eigenvalue weighted by Gasteiger charge is 2.32. The van der Waals surface area contributed by atoms with Gasteiger partial charge in [-0.05, 0) is 36.5 Å². The Labute approximate surface area is 218 Å². The van der Waals surface area contributed by atoms with Crippen LogP contribution in [0.5, 0.6) is 0 Å². The zero-order valence-corrected chi connectivity index (χ0v) is 21.2. The van der Waals surface area contributed by atoms with Gasteiger partial charge < -0.3 is 15.7 Å². The Morgan fingerprint density at radius 2 is 1.66 bits per heavy atom. The molecule has 3 rings (SSSR count). The molecule has 0 aliphatic rings. The number of nitrogens with one attached hydrogen (secondary N) is 2. The lowest BCUT2D eigenvalue weighted by Gasteiger charge is -2.29. The lowest BCUT2D eigenvalue weighted by molar-refractivity contribution is -0.138. The van der Waals surface area contributed by atoms with Crippen LogP contribution in [0.4, 0.5) is 18.9 Å². The Balaban J connectivity index is 1.80. The van der Waals surface area contributed by atoms with Crippen molar-refractivity contribution in [1.82, 2.24) is 25.1 Å². The van der Waals surface area contributed by atoms with Crippen LogP contribution in [0.2, 0.25) is 0 Å². The largest absolute Gasteiger partial charge is 0.481 e. The maximum absolute atomic E-state index is 12.9. The molecule has 12 heteroatoms. The van der Waals surface area contributed by atoms with Crippen molar-refractivity contribution in [3.8, 4) is 5.95 Å². The number of hydrogen-bond acceptors (Lipinski definition) is 6. The molecule has 9 nitrogen and oxygen atoms in total. The molecular formula is C26H31F3N6O3. The first-order valence-electron chi connectivity index (χ1n) is 12.4. The Morgan fingerprint density at radius 1 is 1.03 bits per heavy atom. The summed E-state index contributed by atoms with van der Waals surface area (Å²) in [4.78, 5) is 31.4. The van der Waals surface area contributed by atoms with Gasteiger partial charge >= 0.3 is 12.1 Å². The molecule has 1 atom stereocenters. The van der Waals surface area contributed by atoms with Crippen molar-refractivity contribution in [2.24, 2.45) is 5.92 Å². The summed E-state index contributed by atoms with van der Waals surface area (Å²) in [5.74, 6) is -1.06. The van der Waals surface area contributed by atoms with Gasteiger partial charge in [-0.3, -0.25) is 9.59 Å². The van der Waals surface area contributed by atoms with Crippen molar-refractivity contribution in [3.05, 3.63) is 65.7 Å². The zero-order valence-electron chi connectivity index (χ0n) is 21.2. The van der Waals surface area contributed by atoms with E-state index < -0.39 is 17.7 Å². The molecule has 1 unspecified atom stereocenters. The number of alkyl halides is 3. The van der Waals surface area contributed by atoms with Crippen molar-refractivity contribution < 1.29 is 27.9 Å². The van der Waals surface area contributed by atoms with Crippen molar-refractivity contribution in [2.45, 2.75) is 58.2 Å². The minimum Gasteiger partial charge on any atom is -0.481 e. The summed E-state index contributed by atoms with van der Waals surface area (Å²) >= 11 is 0. The number of anilines is 1. The van der Waals surface area contributed by atoms with E-state index in [0.717, 1.165) is 48.3 Å². The molecule has 3 N–H and O–H groups in total. The average molecular weight is 533 g/mol. The number of carboxylic acids is 1. The van der Waals surface area contributed by atoms with Gasteiger partial charge in [0.05, 0.1) is 42.3 Å². The predicted molar refractivity (Wildman–Crippen MR) is 135 cm³/mol. The third-order valence-corrected chi connectivity index (χ3v) is 6.02. The smallest absolute Gasteiger partial charge is 0.419 e. The quantitative estimate of drug-likeness (QED) is 0.275. The molecule has 38 heavy (non-hydrogen) atoms. The van der Waals surface area contributed by atoms with Crippen LogP contribution in [0.15, 0.2) is 49.1 Å². The van der Waals surface area contributed by atoms with E-state index in [1.54, 1.807) is 12.1 Å². The number of carbonyl (C=O) groups excluding carboxylic acids is 1. The van der Waals surface area contributed by atoms with E-state index in [1.807, 2.05) is 12.1 Å². The van der Waals surface area contributed by atoms with Crippen LogP contribution in [-0.2, 0) is 11.0 Å². The lowest BCUT2D eigenvalue weighted by atomic mass is 9.85. The fraction of sp³-hybridized carbons (Fsp3) is 0.423. The van der Waals surface area contributed by atoms with Gasteiger partial charge in [0.1, 0.15) is 0 Å². The molecule has 0 saturated heterocycles. The summed E-state index contributed by atoms with van der Waals surface area (Å²) in [6, 6.07) is 6.99. The lowest BCUT2D eigenvalue weighted by Crippen LogP contribution is -2.26. The zero-order chi connectivity index (χ0) is 27.7. The topological polar surface area (TPSA) is 122 Å².